The summed E-state index contributed by atoms with van der Waals surface area (Å²) in [4.78, 5) is 24.8. The number of rotatable bonds is 4. The molecule has 0 saturated carbocycles. The first kappa shape index (κ1) is 15.7. The van der Waals surface area contributed by atoms with Crippen molar-refractivity contribution in [3.05, 3.63) is 12.4 Å². The normalized spacial score (nSPS) is 18.8. The molecule has 1 atom stereocenters. The van der Waals surface area contributed by atoms with E-state index in [2.05, 4.69) is 10.4 Å². The number of aliphatic carboxylic acids is 1. The van der Waals surface area contributed by atoms with E-state index in [1.165, 1.54) is 0 Å². The fourth-order valence-electron chi connectivity index (χ4n) is 2.17. The molecule has 2 heterocycles. The number of urea groups is 1. The van der Waals surface area contributed by atoms with E-state index in [0.29, 0.717) is 18.0 Å². The summed E-state index contributed by atoms with van der Waals surface area (Å²) in [6.07, 6.45) is 3.35. The van der Waals surface area contributed by atoms with Crippen LogP contribution in [-0.4, -0.2) is 55.9 Å². The van der Waals surface area contributed by atoms with Crippen LogP contribution in [0, 0.1) is 0 Å². The van der Waals surface area contributed by atoms with Gasteiger partial charge in [-0.3, -0.25) is 9.48 Å². The Bertz CT molecular complexity index is 517. The van der Waals surface area contributed by atoms with Gasteiger partial charge < -0.3 is 15.3 Å². The molecule has 2 rings (SSSR count). The van der Waals surface area contributed by atoms with E-state index >= 15 is 0 Å². The molecule has 0 radical (unpaired) electrons. The topological polar surface area (TPSA) is 87.5 Å². The Hall–Kier alpha value is -1.70. The van der Waals surface area contributed by atoms with E-state index in [0.717, 1.165) is 5.75 Å². The zero-order valence-electron chi connectivity index (χ0n) is 12.2. The maximum atomic E-state index is 12.3. The highest BCUT2D eigenvalue weighted by Gasteiger charge is 2.29. The molecule has 1 aliphatic heterocycles. The Kier molecular flexibility index (Phi) is 5.11. The van der Waals surface area contributed by atoms with Gasteiger partial charge in [-0.1, -0.05) is 0 Å². The number of aromatic nitrogens is 2. The number of thioether (sulfide) groups is 1. The number of hydrogen-bond acceptors (Lipinski definition) is 4. The third kappa shape index (κ3) is 4.13. The molecule has 1 aromatic rings. The number of nitrogens with zero attached hydrogens (tertiary/aromatic N) is 3. The Morgan fingerprint density at radius 2 is 2.33 bits per heavy atom. The highest BCUT2D eigenvalue weighted by atomic mass is 32.2. The van der Waals surface area contributed by atoms with Crippen LogP contribution in [0.3, 0.4) is 0 Å². The summed E-state index contributed by atoms with van der Waals surface area (Å²) in [5.41, 5.74) is 0.626. The molecular weight excluding hydrogens is 292 g/mol. The Morgan fingerprint density at radius 3 is 2.95 bits per heavy atom. The van der Waals surface area contributed by atoms with Crippen LogP contribution in [0.5, 0.6) is 0 Å². The van der Waals surface area contributed by atoms with Crippen molar-refractivity contribution in [1.29, 1.82) is 0 Å². The first-order valence-electron chi connectivity index (χ1n) is 6.88. The molecule has 2 N–H and O–H groups in total. The van der Waals surface area contributed by atoms with Crippen molar-refractivity contribution >= 4 is 29.4 Å². The minimum absolute atomic E-state index is 0.0221. The van der Waals surface area contributed by atoms with Gasteiger partial charge in [0.25, 0.3) is 0 Å². The fourth-order valence-corrected chi connectivity index (χ4v) is 3.24. The van der Waals surface area contributed by atoms with Gasteiger partial charge in [-0.2, -0.15) is 16.9 Å². The Labute approximate surface area is 127 Å². The molecule has 2 amide bonds. The molecule has 1 unspecified atom stereocenters. The molecule has 1 fully saturated rings. The van der Waals surface area contributed by atoms with E-state index in [1.54, 1.807) is 33.7 Å². The predicted molar refractivity (Wildman–Crippen MR) is 81.7 cm³/mol. The summed E-state index contributed by atoms with van der Waals surface area (Å²) >= 11 is 1.68. The van der Waals surface area contributed by atoms with Gasteiger partial charge in [-0.05, 0) is 13.8 Å². The van der Waals surface area contributed by atoms with Crippen LogP contribution in [-0.2, 0) is 4.79 Å². The van der Waals surface area contributed by atoms with Crippen molar-refractivity contribution in [3.8, 4) is 0 Å². The largest absolute Gasteiger partial charge is 0.481 e. The minimum atomic E-state index is -0.882. The second-order valence-electron chi connectivity index (χ2n) is 5.25. The molecule has 21 heavy (non-hydrogen) atoms. The van der Waals surface area contributed by atoms with Crippen LogP contribution in [0.15, 0.2) is 12.4 Å². The molecule has 8 heteroatoms. The lowest BCUT2D eigenvalue weighted by Crippen LogP contribution is -2.48. The van der Waals surface area contributed by atoms with Gasteiger partial charge >= 0.3 is 12.0 Å². The van der Waals surface area contributed by atoms with Crippen molar-refractivity contribution in [2.75, 3.05) is 23.4 Å². The molecular formula is C13H20N4O3S. The van der Waals surface area contributed by atoms with Gasteiger partial charge in [0.15, 0.2) is 0 Å². The lowest BCUT2D eigenvalue weighted by Gasteiger charge is -2.34. The summed E-state index contributed by atoms with van der Waals surface area (Å²) in [5.74, 6) is 0.604. The smallest absolute Gasteiger partial charge is 0.322 e. The summed E-state index contributed by atoms with van der Waals surface area (Å²) in [6.45, 7) is 4.57. The van der Waals surface area contributed by atoms with Crippen LogP contribution in [0.2, 0.25) is 0 Å². The molecule has 1 aliphatic rings. The van der Waals surface area contributed by atoms with Gasteiger partial charge in [-0.25, -0.2) is 4.79 Å². The number of amides is 2. The predicted octanol–water partition coefficient (Wildman–Crippen LogP) is 1.89. The van der Waals surface area contributed by atoms with Gasteiger partial charge in [0, 0.05) is 30.3 Å². The van der Waals surface area contributed by atoms with Crippen molar-refractivity contribution in [3.63, 3.8) is 0 Å². The first-order chi connectivity index (χ1) is 9.97. The molecule has 0 aromatic carbocycles. The van der Waals surface area contributed by atoms with E-state index in [9.17, 15) is 9.59 Å². The van der Waals surface area contributed by atoms with Crippen molar-refractivity contribution < 1.29 is 14.7 Å². The number of carbonyl (C=O) groups is 2. The molecule has 0 aliphatic carbocycles. The molecule has 1 saturated heterocycles. The number of hydrogen-bond donors (Lipinski definition) is 2. The maximum Gasteiger partial charge on any atom is 0.322 e. The minimum Gasteiger partial charge on any atom is -0.481 e. The standard InChI is InChI=1S/C13H20N4O3S/c1-9(2)17-7-10(6-14-17)15-13(20)16-3-4-21-8-11(16)5-12(18)19/h6-7,9,11H,3-5,8H2,1-2H3,(H,15,20)(H,18,19). The van der Waals surface area contributed by atoms with Crippen LogP contribution in [0.25, 0.3) is 0 Å². The third-order valence-corrected chi connectivity index (χ3v) is 4.37. The lowest BCUT2D eigenvalue weighted by molar-refractivity contribution is -0.137. The first-order valence-corrected chi connectivity index (χ1v) is 8.04. The second kappa shape index (κ2) is 6.84. The SMILES string of the molecule is CC(C)n1cc(NC(=O)N2CCSCC2CC(=O)O)cn1. The summed E-state index contributed by atoms with van der Waals surface area (Å²) in [5, 5.41) is 15.9. The quantitative estimate of drug-likeness (QED) is 0.886. The van der Waals surface area contributed by atoms with E-state index in [4.69, 9.17) is 5.11 Å². The highest BCUT2D eigenvalue weighted by molar-refractivity contribution is 7.99. The van der Waals surface area contributed by atoms with Crippen molar-refractivity contribution in [2.45, 2.75) is 32.4 Å². The van der Waals surface area contributed by atoms with Crippen LogP contribution >= 0.6 is 11.8 Å². The van der Waals surface area contributed by atoms with Gasteiger partial charge in [0.1, 0.15) is 0 Å². The van der Waals surface area contributed by atoms with Crippen molar-refractivity contribution in [2.24, 2.45) is 0 Å². The number of carboxylic acids is 1. The van der Waals surface area contributed by atoms with Crippen LogP contribution < -0.4 is 5.32 Å². The molecule has 0 spiro atoms. The average molecular weight is 312 g/mol. The van der Waals surface area contributed by atoms with Crippen LogP contribution in [0.4, 0.5) is 10.5 Å². The number of anilines is 1. The van der Waals surface area contributed by atoms with Gasteiger partial charge in [-0.15, -0.1) is 0 Å². The number of nitrogens with one attached hydrogen (secondary N) is 1. The maximum absolute atomic E-state index is 12.3. The highest BCUT2D eigenvalue weighted by Crippen LogP contribution is 2.20. The van der Waals surface area contributed by atoms with Crippen molar-refractivity contribution in [1.82, 2.24) is 14.7 Å². The van der Waals surface area contributed by atoms with Gasteiger partial charge in [0.05, 0.1) is 24.3 Å². The Balaban J connectivity index is 2.01. The second-order valence-corrected chi connectivity index (χ2v) is 6.40. The van der Waals surface area contributed by atoms with Gasteiger partial charge in [0.2, 0.25) is 0 Å². The summed E-state index contributed by atoms with van der Waals surface area (Å²) in [7, 11) is 0. The number of carboxylic acid groups (broad SMARTS) is 1. The zero-order valence-corrected chi connectivity index (χ0v) is 13.0. The van der Waals surface area contributed by atoms with Crippen LogP contribution in [0.1, 0.15) is 26.3 Å². The number of carbonyl (C=O) groups excluding carboxylic acids is 1. The molecule has 7 nitrogen and oxygen atoms in total. The Morgan fingerprint density at radius 1 is 1.57 bits per heavy atom. The summed E-state index contributed by atoms with van der Waals surface area (Å²) in [6, 6.07) is -0.298. The lowest BCUT2D eigenvalue weighted by atomic mass is 10.2. The van der Waals surface area contributed by atoms with E-state index in [1.807, 2.05) is 13.8 Å². The van der Waals surface area contributed by atoms with E-state index < -0.39 is 5.97 Å². The molecule has 0 bridgehead atoms. The molecule has 116 valence electrons. The average Bonchev–Trinajstić information content (AvgIpc) is 2.87. The zero-order chi connectivity index (χ0) is 15.4. The monoisotopic (exact) mass is 312 g/mol. The third-order valence-electron chi connectivity index (χ3n) is 3.28. The fraction of sp³-hybridized carbons (Fsp3) is 0.615. The van der Waals surface area contributed by atoms with E-state index in [-0.39, 0.29) is 24.5 Å². The summed E-state index contributed by atoms with van der Waals surface area (Å²) < 4.78 is 1.76. The molecule has 1 aromatic heterocycles.